The van der Waals surface area contributed by atoms with Crippen molar-refractivity contribution in [2.45, 2.75) is 31.6 Å². The van der Waals surface area contributed by atoms with E-state index < -0.39 is 33.7 Å². The van der Waals surface area contributed by atoms with Gasteiger partial charge in [0.1, 0.15) is 0 Å². The summed E-state index contributed by atoms with van der Waals surface area (Å²) >= 11 is 0. The van der Waals surface area contributed by atoms with Gasteiger partial charge < -0.3 is 15.9 Å². The molecule has 0 aromatic heterocycles. The second kappa shape index (κ2) is 7.14. The van der Waals surface area contributed by atoms with Crippen LogP contribution in [0.3, 0.4) is 0 Å². The largest absolute Gasteiger partial charge is 0.481 e. The Kier molecular flexibility index (Phi) is 7.69. The van der Waals surface area contributed by atoms with Gasteiger partial charge in [-0.05, 0) is 6.04 Å². The Labute approximate surface area is 92.8 Å². The van der Waals surface area contributed by atoms with E-state index in [1.54, 1.807) is 0 Å². The fourth-order valence-corrected chi connectivity index (χ4v) is 1.09. The Morgan fingerprint density at radius 3 is 1.62 bits per heavy atom. The Balaban J connectivity index is 0. The van der Waals surface area contributed by atoms with Crippen molar-refractivity contribution in [1.82, 2.24) is 0 Å². The molecule has 1 unspecified atom stereocenters. The van der Waals surface area contributed by atoms with E-state index in [0.717, 1.165) is 0 Å². The lowest BCUT2D eigenvalue weighted by Crippen LogP contribution is -2.31. The maximum Gasteiger partial charge on any atom is 0.325 e. The fraction of sp³-hybridized carbons (Fsp3) is 0.714. The Morgan fingerprint density at radius 2 is 1.56 bits per heavy atom. The smallest absolute Gasteiger partial charge is 0.325 e. The van der Waals surface area contributed by atoms with Crippen LogP contribution in [0.4, 0.5) is 0 Å². The third-order valence-corrected chi connectivity index (χ3v) is 2.08. The van der Waals surface area contributed by atoms with E-state index in [2.05, 4.69) is 0 Å². The van der Waals surface area contributed by atoms with Crippen LogP contribution >= 0.6 is 0 Å². The molecule has 0 aromatic carbocycles. The molecular weight excluding hydrogens is 242 g/mol. The van der Waals surface area contributed by atoms with Crippen LogP contribution in [-0.2, 0) is 19.7 Å². The normalized spacial score (nSPS) is 12.6. The standard InChI is InChI=1S/C4H6O7S.C3H9N/c5-3(6)1-2(4(7)8)12(9,10)11;1-3(2)4/h2H,1H2,(H,5,6)(H,7,8)(H,9,10,11);3H,4H2,1-2H3. The van der Waals surface area contributed by atoms with Crippen LogP contribution in [0.1, 0.15) is 20.3 Å². The summed E-state index contributed by atoms with van der Waals surface area (Å²) in [4.78, 5) is 20.0. The first-order valence-corrected chi connectivity index (χ1v) is 5.65. The highest BCUT2D eigenvalue weighted by Gasteiger charge is 2.33. The summed E-state index contributed by atoms with van der Waals surface area (Å²) < 4.78 is 28.7. The maximum atomic E-state index is 10.2. The van der Waals surface area contributed by atoms with Crippen molar-refractivity contribution >= 4 is 22.1 Å². The summed E-state index contributed by atoms with van der Waals surface area (Å²) in [5.74, 6) is -3.50. The molecule has 0 amide bonds. The average Bonchev–Trinajstić information content (AvgIpc) is 1.95. The molecule has 0 saturated carbocycles. The van der Waals surface area contributed by atoms with Gasteiger partial charge in [0, 0.05) is 0 Å². The number of carbonyl (C=O) groups is 2. The zero-order chi connectivity index (χ0) is 13.5. The predicted octanol–water partition coefficient (Wildman–Crippen LogP) is -0.844. The molecule has 0 spiro atoms. The molecule has 8 nitrogen and oxygen atoms in total. The van der Waals surface area contributed by atoms with Gasteiger partial charge in [-0.25, -0.2) is 0 Å². The molecule has 0 aliphatic carbocycles. The summed E-state index contributed by atoms with van der Waals surface area (Å²) in [5.41, 5.74) is 5.11. The van der Waals surface area contributed by atoms with Crippen molar-refractivity contribution in [3.05, 3.63) is 0 Å². The van der Waals surface area contributed by atoms with Crippen molar-refractivity contribution in [2.75, 3.05) is 0 Å². The lowest BCUT2D eigenvalue weighted by molar-refractivity contribution is -0.143. The van der Waals surface area contributed by atoms with Crippen LogP contribution in [-0.4, -0.2) is 46.4 Å². The summed E-state index contributed by atoms with van der Waals surface area (Å²) in [6.45, 7) is 3.89. The minimum absolute atomic E-state index is 0.333. The highest BCUT2D eigenvalue weighted by Crippen LogP contribution is 2.04. The summed E-state index contributed by atoms with van der Waals surface area (Å²) in [6, 6.07) is 0.333. The van der Waals surface area contributed by atoms with Gasteiger partial charge in [0.2, 0.25) is 0 Å². The van der Waals surface area contributed by atoms with Crippen LogP contribution in [0.5, 0.6) is 0 Å². The van der Waals surface area contributed by atoms with Gasteiger partial charge in [-0.2, -0.15) is 8.42 Å². The van der Waals surface area contributed by atoms with Crippen LogP contribution in [0.15, 0.2) is 0 Å². The zero-order valence-corrected chi connectivity index (χ0v) is 9.64. The second-order valence-electron chi connectivity index (χ2n) is 3.18. The monoisotopic (exact) mass is 257 g/mol. The predicted molar refractivity (Wildman–Crippen MR) is 54.5 cm³/mol. The van der Waals surface area contributed by atoms with Crippen molar-refractivity contribution in [2.24, 2.45) is 5.73 Å². The van der Waals surface area contributed by atoms with Gasteiger partial charge in [0.15, 0.2) is 5.25 Å². The van der Waals surface area contributed by atoms with E-state index in [-0.39, 0.29) is 0 Å². The minimum Gasteiger partial charge on any atom is -0.481 e. The van der Waals surface area contributed by atoms with Crippen molar-refractivity contribution in [3.63, 3.8) is 0 Å². The molecule has 16 heavy (non-hydrogen) atoms. The highest BCUT2D eigenvalue weighted by atomic mass is 32.2. The zero-order valence-electron chi connectivity index (χ0n) is 8.82. The van der Waals surface area contributed by atoms with Gasteiger partial charge in [-0.3, -0.25) is 14.1 Å². The molecule has 0 rings (SSSR count). The first-order chi connectivity index (χ1) is 6.98. The van der Waals surface area contributed by atoms with Gasteiger partial charge in [-0.15, -0.1) is 0 Å². The number of hydrogen-bond acceptors (Lipinski definition) is 5. The summed E-state index contributed by atoms with van der Waals surface area (Å²) in [6.07, 6.45) is -1.16. The topological polar surface area (TPSA) is 155 Å². The number of nitrogens with two attached hydrogens (primary N) is 1. The molecule has 1 atom stereocenters. The molecule has 9 heteroatoms. The van der Waals surface area contributed by atoms with E-state index >= 15 is 0 Å². The molecular formula is C7H15NO7S. The van der Waals surface area contributed by atoms with E-state index in [0.29, 0.717) is 6.04 Å². The summed E-state index contributed by atoms with van der Waals surface area (Å²) in [7, 11) is -4.84. The van der Waals surface area contributed by atoms with E-state index in [1.165, 1.54) is 0 Å². The van der Waals surface area contributed by atoms with Gasteiger partial charge in [0.05, 0.1) is 6.42 Å². The van der Waals surface area contributed by atoms with E-state index in [4.69, 9.17) is 20.5 Å². The SMILES string of the molecule is CC(C)N.O=C(O)CC(C(=O)O)S(=O)(=O)O. The molecule has 0 heterocycles. The van der Waals surface area contributed by atoms with Crippen LogP contribution < -0.4 is 5.73 Å². The van der Waals surface area contributed by atoms with Crippen LogP contribution in [0, 0.1) is 0 Å². The number of carboxylic acid groups (broad SMARTS) is 2. The minimum atomic E-state index is -4.84. The summed E-state index contributed by atoms with van der Waals surface area (Å²) in [5, 5.41) is 13.9. The number of rotatable bonds is 4. The first kappa shape index (κ1) is 17.2. The lowest BCUT2D eigenvalue weighted by Gasteiger charge is -2.04. The van der Waals surface area contributed by atoms with E-state index in [1.807, 2.05) is 13.8 Å². The van der Waals surface area contributed by atoms with Crippen LogP contribution in [0.25, 0.3) is 0 Å². The second-order valence-corrected chi connectivity index (χ2v) is 4.78. The molecule has 0 aliphatic heterocycles. The Hall–Kier alpha value is -1.19. The average molecular weight is 257 g/mol. The quantitative estimate of drug-likeness (QED) is 0.475. The Bertz CT molecular complexity index is 332. The molecule has 96 valence electrons. The molecule has 5 N–H and O–H groups in total. The number of hydrogen-bond donors (Lipinski definition) is 4. The van der Waals surface area contributed by atoms with Gasteiger partial charge >= 0.3 is 11.9 Å². The molecule has 0 bridgehead atoms. The third-order valence-electron chi connectivity index (χ3n) is 0.995. The molecule has 0 aromatic rings. The number of aliphatic carboxylic acids is 2. The number of carboxylic acids is 2. The van der Waals surface area contributed by atoms with Crippen molar-refractivity contribution < 1.29 is 32.8 Å². The Morgan fingerprint density at radius 1 is 1.25 bits per heavy atom. The first-order valence-electron chi connectivity index (χ1n) is 4.15. The third kappa shape index (κ3) is 10.9. The highest BCUT2D eigenvalue weighted by molar-refractivity contribution is 7.87. The van der Waals surface area contributed by atoms with Gasteiger partial charge in [0.25, 0.3) is 10.1 Å². The maximum absolute atomic E-state index is 10.2. The molecule has 0 aliphatic rings. The molecule has 0 fully saturated rings. The van der Waals surface area contributed by atoms with Crippen molar-refractivity contribution in [3.8, 4) is 0 Å². The lowest BCUT2D eigenvalue weighted by atomic mass is 10.3. The van der Waals surface area contributed by atoms with Crippen LogP contribution in [0.2, 0.25) is 0 Å². The molecule has 0 radical (unpaired) electrons. The molecule has 0 saturated heterocycles. The van der Waals surface area contributed by atoms with Crippen molar-refractivity contribution in [1.29, 1.82) is 0 Å². The fourth-order valence-electron chi connectivity index (χ4n) is 0.479. The van der Waals surface area contributed by atoms with Gasteiger partial charge in [-0.1, -0.05) is 13.8 Å². The van der Waals surface area contributed by atoms with E-state index in [9.17, 15) is 18.0 Å².